The first-order valence-electron chi connectivity index (χ1n) is 3.65. The first-order valence-corrected chi connectivity index (χ1v) is 4.03. The number of halogens is 1. The highest BCUT2D eigenvalue weighted by Gasteiger charge is 1.99. The van der Waals surface area contributed by atoms with Crippen molar-refractivity contribution in [2.75, 3.05) is 0 Å². The first-order chi connectivity index (χ1) is 5.65. The summed E-state index contributed by atoms with van der Waals surface area (Å²) < 4.78 is 0. The fourth-order valence-electron chi connectivity index (χ4n) is 1.02. The summed E-state index contributed by atoms with van der Waals surface area (Å²) in [5.74, 6) is 5.05. The Morgan fingerprint density at radius 1 is 1.33 bits per heavy atom. The van der Waals surface area contributed by atoms with Gasteiger partial charge >= 0.3 is 0 Å². The molecule has 0 aromatic heterocycles. The van der Waals surface area contributed by atoms with Crippen LogP contribution in [0.25, 0.3) is 0 Å². The van der Waals surface area contributed by atoms with E-state index in [9.17, 15) is 0 Å². The lowest BCUT2D eigenvalue weighted by Gasteiger charge is -2.03. The zero-order valence-electron chi connectivity index (χ0n) is 7.13. The fourth-order valence-corrected chi connectivity index (χ4v) is 1.24. The van der Waals surface area contributed by atoms with Crippen LogP contribution in [0.3, 0.4) is 0 Å². The minimum Gasteiger partial charge on any atom is -0.323 e. The molecule has 1 aromatic rings. The summed E-state index contributed by atoms with van der Waals surface area (Å²) >= 11 is 5.91. The molecule has 0 amide bonds. The molecule has 1 rings (SSSR count). The van der Waals surface area contributed by atoms with Crippen LogP contribution < -0.4 is 5.84 Å². The minimum atomic E-state index is 0.779. The molecular weight excluding hydrogens is 172 g/mol. The van der Waals surface area contributed by atoms with Crippen LogP contribution in [-0.4, -0.2) is 6.21 Å². The molecule has 0 aliphatic rings. The topological polar surface area (TPSA) is 38.4 Å². The van der Waals surface area contributed by atoms with Crippen molar-refractivity contribution in [2.24, 2.45) is 10.9 Å². The third-order valence-corrected chi connectivity index (χ3v) is 2.17. The van der Waals surface area contributed by atoms with E-state index in [-0.39, 0.29) is 0 Å². The molecule has 0 saturated carbocycles. The highest BCUT2D eigenvalue weighted by atomic mass is 35.5. The summed E-state index contributed by atoms with van der Waals surface area (Å²) in [6.07, 6.45) is 1.62. The highest BCUT2D eigenvalue weighted by molar-refractivity contribution is 6.31. The molecule has 0 radical (unpaired) electrons. The minimum absolute atomic E-state index is 0.779. The van der Waals surface area contributed by atoms with Crippen LogP contribution in [0.2, 0.25) is 5.02 Å². The van der Waals surface area contributed by atoms with Crippen LogP contribution in [-0.2, 0) is 0 Å². The third-order valence-electron chi connectivity index (χ3n) is 1.76. The maximum absolute atomic E-state index is 5.91. The summed E-state index contributed by atoms with van der Waals surface area (Å²) in [5, 5.41) is 4.25. The predicted molar refractivity (Wildman–Crippen MR) is 52.7 cm³/mol. The van der Waals surface area contributed by atoms with Crippen molar-refractivity contribution < 1.29 is 0 Å². The van der Waals surface area contributed by atoms with Crippen molar-refractivity contribution >= 4 is 17.8 Å². The standard InChI is InChI=1S/C9H11ClN2/c1-6-4-9(10)7(2)3-8(6)5-12-11/h3-5H,11H2,1-2H3. The maximum Gasteiger partial charge on any atom is 0.0540 e. The van der Waals surface area contributed by atoms with Gasteiger partial charge in [0, 0.05) is 5.02 Å². The summed E-state index contributed by atoms with van der Waals surface area (Å²) in [5.41, 5.74) is 3.14. The second-order valence-electron chi connectivity index (χ2n) is 2.74. The van der Waals surface area contributed by atoms with Crippen LogP contribution in [0, 0.1) is 13.8 Å². The predicted octanol–water partition coefficient (Wildman–Crippen LogP) is 2.25. The van der Waals surface area contributed by atoms with Gasteiger partial charge in [0.2, 0.25) is 0 Å². The Hall–Kier alpha value is -1.02. The lowest BCUT2D eigenvalue weighted by molar-refractivity contribution is 1.26. The second-order valence-corrected chi connectivity index (χ2v) is 3.14. The number of benzene rings is 1. The molecule has 2 N–H and O–H groups in total. The van der Waals surface area contributed by atoms with Gasteiger partial charge in [-0.25, -0.2) is 0 Å². The Morgan fingerprint density at radius 3 is 2.58 bits per heavy atom. The molecule has 0 heterocycles. The van der Waals surface area contributed by atoms with E-state index in [0.29, 0.717) is 0 Å². The smallest absolute Gasteiger partial charge is 0.0540 e. The van der Waals surface area contributed by atoms with Gasteiger partial charge in [-0.05, 0) is 42.7 Å². The van der Waals surface area contributed by atoms with E-state index in [4.69, 9.17) is 17.4 Å². The van der Waals surface area contributed by atoms with Gasteiger partial charge in [0.25, 0.3) is 0 Å². The van der Waals surface area contributed by atoms with Gasteiger partial charge in [0.05, 0.1) is 6.21 Å². The Bertz CT molecular complexity index is 319. The van der Waals surface area contributed by atoms with Crippen LogP contribution in [0.15, 0.2) is 17.2 Å². The zero-order chi connectivity index (χ0) is 9.14. The molecule has 0 atom stereocenters. The molecule has 12 heavy (non-hydrogen) atoms. The van der Waals surface area contributed by atoms with Gasteiger partial charge in [-0.2, -0.15) is 5.10 Å². The SMILES string of the molecule is Cc1cc(C=NN)c(C)cc1Cl. The second kappa shape index (κ2) is 3.59. The van der Waals surface area contributed by atoms with E-state index in [1.807, 2.05) is 26.0 Å². The van der Waals surface area contributed by atoms with Gasteiger partial charge in [-0.15, -0.1) is 0 Å². The van der Waals surface area contributed by atoms with Gasteiger partial charge in [-0.1, -0.05) is 11.6 Å². The first kappa shape index (κ1) is 9.07. The molecule has 64 valence electrons. The number of nitrogens with two attached hydrogens (primary N) is 1. The van der Waals surface area contributed by atoms with Crippen molar-refractivity contribution in [1.82, 2.24) is 0 Å². The molecule has 0 saturated heterocycles. The molecule has 0 aliphatic carbocycles. The molecule has 0 bridgehead atoms. The largest absolute Gasteiger partial charge is 0.323 e. The highest BCUT2D eigenvalue weighted by Crippen LogP contribution is 2.19. The molecule has 1 aromatic carbocycles. The summed E-state index contributed by atoms with van der Waals surface area (Å²) in [6, 6.07) is 3.88. The Labute approximate surface area is 77.0 Å². The summed E-state index contributed by atoms with van der Waals surface area (Å²) in [4.78, 5) is 0. The average Bonchev–Trinajstić information content (AvgIpc) is 2.01. The lowest BCUT2D eigenvalue weighted by atomic mass is 10.1. The molecule has 3 heteroatoms. The van der Waals surface area contributed by atoms with Crippen molar-refractivity contribution in [3.05, 3.63) is 33.8 Å². The van der Waals surface area contributed by atoms with Gasteiger partial charge in [0.15, 0.2) is 0 Å². The van der Waals surface area contributed by atoms with Crippen molar-refractivity contribution in [3.8, 4) is 0 Å². The average molecular weight is 183 g/mol. The number of hydrogen-bond donors (Lipinski definition) is 1. The zero-order valence-corrected chi connectivity index (χ0v) is 7.89. The Morgan fingerprint density at radius 2 is 2.00 bits per heavy atom. The molecular formula is C9H11ClN2. The van der Waals surface area contributed by atoms with E-state index < -0.39 is 0 Å². The van der Waals surface area contributed by atoms with Gasteiger partial charge < -0.3 is 5.84 Å². The maximum atomic E-state index is 5.91. The fraction of sp³-hybridized carbons (Fsp3) is 0.222. The number of aryl methyl sites for hydroxylation is 2. The van der Waals surface area contributed by atoms with E-state index in [1.54, 1.807) is 6.21 Å². The molecule has 0 spiro atoms. The molecule has 0 unspecified atom stereocenters. The molecule has 2 nitrogen and oxygen atoms in total. The number of nitrogens with zero attached hydrogens (tertiary/aromatic N) is 1. The molecule has 0 aliphatic heterocycles. The number of rotatable bonds is 1. The molecule has 0 fully saturated rings. The Balaban J connectivity index is 3.23. The quantitative estimate of drug-likeness (QED) is 0.404. The number of hydrogen-bond acceptors (Lipinski definition) is 2. The van der Waals surface area contributed by atoms with Crippen LogP contribution in [0.5, 0.6) is 0 Å². The Kier molecular flexibility index (Phi) is 2.71. The number of hydrazone groups is 1. The van der Waals surface area contributed by atoms with Crippen molar-refractivity contribution in [2.45, 2.75) is 13.8 Å². The summed E-state index contributed by atoms with van der Waals surface area (Å²) in [6.45, 7) is 3.93. The van der Waals surface area contributed by atoms with Gasteiger partial charge in [0.1, 0.15) is 0 Å². The summed E-state index contributed by atoms with van der Waals surface area (Å²) in [7, 11) is 0. The monoisotopic (exact) mass is 182 g/mol. The van der Waals surface area contributed by atoms with Crippen LogP contribution >= 0.6 is 11.6 Å². The third kappa shape index (κ3) is 1.77. The van der Waals surface area contributed by atoms with E-state index >= 15 is 0 Å². The van der Waals surface area contributed by atoms with Crippen molar-refractivity contribution in [3.63, 3.8) is 0 Å². The lowest BCUT2D eigenvalue weighted by Crippen LogP contribution is -1.91. The van der Waals surface area contributed by atoms with E-state index in [1.165, 1.54) is 0 Å². The normalized spacial score (nSPS) is 10.9. The van der Waals surface area contributed by atoms with Gasteiger partial charge in [-0.3, -0.25) is 0 Å². The van der Waals surface area contributed by atoms with E-state index in [2.05, 4.69) is 5.10 Å². The van der Waals surface area contributed by atoms with Crippen LogP contribution in [0.4, 0.5) is 0 Å². The van der Waals surface area contributed by atoms with Crippen molar-refractivity contribution in [1.29, 1.82) is 0 Å². The van der Waals surface area contributed by atoms with E-state index in [0.717, 1.165) is 21.7 Å². The van der Waals surface area contributed by atoms with Crippen LogP contribution in [0.1, 0.15) is 16.7 Å².